The van der Waals surface area contributed by atoms with Crippen molar-refractivity contribution in [3.63, 3.8) is 0 Å². The number of hydrogen-bond acceptors (Lipinski definition) is 4. The topological polar surface area (TPSA) is 55.4 Å². The van der Waals surface area contributed by atoms with Crippen LogP contribution < -0.4 is 10.1 Å². The Labute approximate surface area is 130 Å². The summed E-state index contributed by atoms with van der Waals surface area (Å²) in [5, 5.41) is 3.25. The van der Waals surface area contributed by atoms with E-state index in [4.69, 9.17) is 4.74 Å². The zero-order valence-corrected chi connectivity index (χ0v) is 14.4. The zero-order valence-electron chi connectivity index (χ0n) is 12.0. The molecule has 1 aromatic rings. The Morgan fingerprint density at radius 3 is 2.60 bits per heavy atom. The maximum Gasteiger partial charge on any atom is 0.153 e. The number of nitrogens with one attached hydrogen (secondary N) is 1. The molecule has 0 amide bonds. The van der Waals surface area contributed by atoms with Gasteiger partial charge in [-0.15, -0.1) is 0 Å². The van der Waals surface area contributed by atoms with E-state index in [1.54, 1.807) is 0 Å². The molecule has 0 aromatic heterocycles. The van der Waals surface area contributed by atoms with Crippen LogP contribution in [0.3, 0.4) is 0 Å². The van der Waals surface area contributed by atoms with Gasteiger partial charge >= 0.3 is 0 Å². The zero-order chi connectivity index (χ0) is 15.0. The summed E-state index contributed by atoms with van der Waals surface area (Å²) in [5.74, 6) is 0.961. The molecule has 1 N–H and O–H groups in total. The second-order valence-corrected chi connectivity index (χ2v) is 7.70. The molecule has 0 aliphatic rings. The Kier molecular flexibility index (Phi) is 7.55. The first-order chi connectivity index (χ1) is 9.48. The van der Waals surface area contributed by atoms with Gasteiger partial charge in [-0.2, -0.15) is 0 Å². The Balaban J connectivity index is 2.52. The third-order valence-corrected chi connectivity index (χ3v) is 5.18. The molecule has 0 aliphatic carbocycles. The summed E-state index contributed by atoms with van der Waals surface area (Å²) in [6.45, 7) is 5.83. The average molecular weight is 364 g/mol. The van der Waals surface area contributed by atoms with Crippen molar-refractivity contribution in [3.8, 4) is 5.75 Å². The molecule has 6 heteroatoms. The maximum absolute atomic E-state index is 11.6. The van der Waals surface area contributed by atoms with Gasteiger partial charge in [0.15, 0.2) is 9.84 Å². The Bertz CT molecular complexity index is 517. The second kappa shape index (κ2) is 8.64. The van der Waals surface area contributed by atoms with Crippen LogP contribution in [0, 0.1) is 0 Å². The van der Waals surface area contributed by atoms with Gasteiger partial charge in [0.1, 0.15) is 12.4 Å². The van der Waals surface area contributed by atoms with Crippen molar-refractivity contribution in [1.29, 1.82) is 0 Å². The van der Waals surface area contributed by atoms with Gasteiger partial charge in [0.2, 0.25) is 0 Å². The van der Waals surface area contributed by atoms with Gasteiger partial charge < -0.3 is 10.1 Å². The van der Waals surface area contributed by atoms with E-state index < -0.39 is 9.84 Å². The molecule has 0 saturated carbocycles. The van der Waals surface area contributed by atoms with Crippen molar-refractivity contribution in [2.24, 2.45) is 0 Å². The normalized spacial score (nSPS) is 11.6. The SMILES string of the molecule is CCCS(=O)(=O)CCOc1ccc(CNCC)cc1Br. The van der Waals surface area contributed by atoms with Crippen LogP contribution in [0.15, 0.2) is 22.7 Å². The number of ether oxygens (including phenoxy) is 1. The van der Waals surface area contributed by atoms with E-state index in [2.05, 4.69) is 28.2 Å². The predicted molar refractivity (Wildman–Crippen MR) is 86.0 cm³/mol. The van der Waals surface area contributed by atoms with Crippen molar-refractivity contribution in [3.05, 3.63) is 28.2 Å². The number of hydrogen-bond donors (Lipinski definition) is 1. The molecule has 20 heavy (non-hydrogen) atoms. The van der Waals surface area contributed by atoms with Crippen LogP contribution in [0.25, 0.3) is 0 Å². The summed E-state index contributed by atoms with van der Waals surface area (Å²) in [6, 6.07) is 5.82. The molecule has 1 rings (SSSR count). The minimum atomic E-state index is -2.99. The van der Waals surface area contributed by atoms with Crippen molar-refractivity contribution in [2.45, 2.75) is 26.8 Å². The fourth-order valence-electron chi connectivity index (χ4n) is 1.73. The monoisotopic (exact) mass is 363 g/mol. The van der Waals surface area contributed by atoms with E-state index in [9.17, 15) is 8.42 Å². The van der Waals surface area contributed by atoms with E-state index in [0.29, 0.717) is 12.2 Å². The number of halogens is 1. The quantitative estimate of drug-likeness (QED) is 0.732. The fourth-order valence-corrected chi connectivity index (χ4v) is 3.44. The fraction of sp³-hybridized carbons (Fsp3) is 0.571. The molecule has 0 saturated heterocycles. The predicted octanol–water partition coefficient (Wildman–Crippen LogP) is 2.76. The van der Waals surface area contributed by atoms with Gasteiger partial charge in [-0.05, 0) is 46.6 Å². The van der Waals surface area contributed by atoms with Gasteiger partial charge in [-0.1, -0.05) is 19.9 Å². The molecule has 0 atom stereocenters. The highest BCUT2D eigenvalue weighted by Gasteiger charge is 2.10. The number of benzene rings is 1. The minimum absolute atomic E-state index is 0.0619. The summed E-state index contributed by atoms with van der Waals surface area (Å²) in [7, 11) is -2.99. The first-order valence-corrected chi connectivity index (χ1v) is 9.42. The Morgan fingerprint density at radius 1 is 1.25 bits per heavy atom. The summed E-state index contributed by atoms with van der Waals surface area (Å²) < 4.78 is 29.5. The van der Waals surface area contributed by atoms with Crippen LogP contribution in [-0.4, -0.2) is 33.1 Å². The first-order valence-electron chi connectivity index (χ1n) is 6.81. The summed E-state index contributed by atoms with van der Waals surface area (Å²) in [6.07, 6.45) is 0.644. The van der Waals surface area contributed by atoms with E-state index in [0.717, 1.165) is 23.1 Å². The Hall–Kier alpha value is -0.590. The van der Waals surface area contributed by atoms with E-state index in [1.807, 2.05) is 25.1 Å². The highest BCUT2D eigenvalue weighted by molar-refractivity contribution is 9.10. The molecular weight excluding hydrogens is 342 g/mol. The molecule has 1 aromatic carbocycles. The highest BCUT2D eigenvalue weighted by atomic mass is 79.9. The minimum Gasteiger partial charge on any atom is -0.491 e. The van der Waals surface area contributed by atoms with Gasteiger partial charge in [0.05, 0.1) is 16.0 Å². The van der Waals surface area contributed by atoms with Crippen LogP contribution in [0.2, 0.25) is 0 Å². The van der Waals surface area contributed by atoms with Crippen molar-refractivity contribution in [1.82, 2.24) is 5.32 Å². The second-order valence-electron chi connectivity index (χ2n) is 4.55. The molecule has 0 radical (unpaired) electrons. The first kappa shape index (κ1) is 17.5. The molecule has 0 unspecified atom stereocenters. The molecule has 4 nitrogen and oxygen atoms in total. The van der Waals surface area contributed by atoms with Gasteiger partial charge in [0.25, 0.3) is 0 Å². The van der Waals surface area contributed by atoms with E-state index >= 15 is 0 Å². The van der Waals surface area contributed by atoms with Gasteiger partial charge in [0, 0.05) is 6.54 Å². The van der Waals surface area contributed by atoms with Crippen LogP contribution in [-0.2, 0) is 16.4 Å². The van der Waals surface area contributed by atoms with Crippen LogP contribution in [0.1, 0.15) is 25.8 Å². The third-order valence-electron chi connectivity index (χ3n) is 2.74. The lowest BCUT2D eigenvalue weighted by Crippen LogP contribution is -2.17. The van der Waals surface area contributed by atoms with E-state index in [-0.39, 0.29) is 18.1 Å². The highest BCUT2D eigenvalue weighted by Crippen LogP contribution is 2.26. The molecule has 114 valence electrons. The van der Waals surface area contributed by atoms with Crippen molar-refractivity contribution in [2.75, 3.05) is 24.7 Å². The number of sulfone groups is 1. The third kappa shape index (κ3) is 6.24. The molecule has 0 bridgehead atoms. The lowest BCUT2D eigenvalue weighted by atomic mass is 10.2. The standard InChI is InChI=1S/C14H22BrNO3S/c1-3-8-20(17,18)9-7-19-14-6-5-12(10-13(14)15)11-16-4-2/h5-6,10,16H,3-4,7-9,11H2,1-2H3. The summed E-state index contributed by atoms with van der Waals surface area (Å²) in [5.41, 5.74) is 1.16. The van der Waals surface area contributed by atoms with Crippen LogP contribution in [0.4, 0.5) is 0 Å². The molecule has 0 heterocycles. The number of rotatable bonds is 9. The molecule has 0 spiro atoms. The molecule has 0 aliphatic heterocycles. The van der Waals surface area contributed by atoms with Crippen LogP contribution >= 0.6 is 15.9 Å². The lowest BCUT2D eigenvalue weighted by molar-refractivity contribution is 0.338. The smallest absolute Gasteiger partial charge is 0.153 e. The molecular formula is C14H22BrNO3S. The lowest BCUT2D eigenvalue weighted by Gasteiger charge is -2.10. The Morgan fingerprint density at radius 2 is 2.00 bits per heavy atom. The van der Waals surface area contributed by atoms with Gasteiger partial charge in [-0.25, -0.2) is 8.42 Å². The summed E-state index contributed by atoms with van der Waals surface area (Å²) >= 11 is 3.45. The largest absolute Gasteiger partial charge is 0.491 e. The van der Waals surface area contributed by atoms with Crippen molar-refractivity contribution < 1.29 is 13.2 Å². The summed E-state index contributed by atoms with van der Waals surface area (Å²) in [4.78, 5) is 0. The maximum atomic E-state index is 11.6. The average Bonchev–Trinajstić information content (AvgIpc) is 2.38. The van der Waals surface area contributed by atoms with Gasteiger partial charge in [-0.3, -0.25) is 0 Å². The van der Waals surface area contributed by atoms with E-state index in [1.165, 1.54) is 0 Å². The van der Waals surface area contributed by atoms with Crippen LogP contribution in [0.5, 0.6) is 5.75 Å². The van der Waals surface area contributed by atoms with Crippen molar-refractivity contribution >= 4 is 25.8 Å². The molecule has 0 fully saturated rings.